The fourth-order valence-electron chi connectivity index (χ4n) is 1.24. The monoisotopic (exact) mass is 293 g/mol. The van der Waals surface area contributed by atoms with Gasteiger partial charge in [-0.3, -0.25) is 4.90 Å². The van der Waals surface area contributed by atoms with E-state index in [1.54, 1.807) is 20.8 Å². The van der Waals surface area contributed by atoms with E-state index in [2.05, 4.69) is 0 Å². The van der Waals surface area contributed by atoms with Crippen molar-refractivity contribution in [1.82, 2.24) is 4.90 Å². The van der Waals surface area contributed by atoms with E-state index in [1.165, 1.54) is 14.0 Å². The van der Waals surface area contributed by atoms with E-state index in [1.807, 2.05) is 0 Å². The number of likely N-dealkylation sites (N-methyl/N-ethyl adjacent to an activating group) is 1. The van der Waals surface area contributed by atoms with Crippen LogP contribution in [0.3, 0.4) is 0 Å². The van der Waals surface area contributed by atoms with Gasteiger partial charge in [-0.2, -0.15) is 0 Å². The molecule has 0 rings (SSSR count). The number of carbonyl (C=O) groups is 2. The first kappa shape index (κ1) is 17.9. The standard InChI is InChI=1S/C12H23NO5S/c1-11(2,3)18-10(15)13(5)12(4,9-14)7-8-19(6,16)17/h9H,7-8H2,1-6H3. The Labute approximate surface area is 115 Å². The van der Waals surface area contributed by atoms with Crippen LogP contribution >= 0.6 is 0 Å². The molecule has 0 bridgehead atoms. The highest BCUT2D eigenvalue weighted by Crippen LogP contribution is 2.19. The van der Waals surface area contributed by atoms with Crippen LogP contribution in [-0.2, 0) is 19.4 Å². The van der Waals surface area contributed by atoms with Crippen LogP contribution in [0.4, 0.5) is 4.79 Å². The summed E-state index contributed by atoms with van der Waals surface area (Å²) in [6.45, 7) is 6.66. The molecule has 6 nitrogen and oxygen atoms in total. The highest BCUT2D eigenvalue weighted by atomic mass is 32.2. The van der Waals surface area contributed by atoms with Gasteiger partial charge in [0.1, 0.15) is 21.7 Å². The molecule has 0 aromatic rings. The lowest BCUT2D eigenvalue weighted by molar-refractivity contribution is -0.117. The predicted octanol–water partition coefficient (Wildman–Crippen LogP) is 1.25. The fraction of sp³-hybridized carbons (Fsp3) is 0.833. The number of sulfone groups is 1. The van der Waals surface area contributed by atoms with Gasteiger partial charge >= 0.3 is 6.09 Å². The molecule has 0 aromatic heterocycles. The van der Waals surface area contributed by atoms with Crippen LogP contribution in [0.1, 0.15) is 34.1 Å². The molecule has 0 aliphatic heterocycles. The quantitative estimate of drug-likeness (QED) is 0.712. The van der Waals surface area contributed by atoms with Crippen LogP contribution in [0.2, 0.25) is 0 Å². The van der Waals surface area contributed by atoms with Crippen LogP contribution < -0.4 is 0 Å². The van der Waals surface area contributed by atoms with Gasteiger partial charge in [0.15, 0.2) is 0 Å². The van der Waals surface area contributed by atoms with Gasteiger partial charge in [-0.25, -0.2) is 13.2 Å². The van der Waals surface area contributed by atoms with E-state index in [0.717, 1.165) is 11.2 Å². The van der Waals surface area contributed by atoms with Crippen molar-refractivity contribution in [2.75, 3.05) is 19.1 Å². The lowest BCUT2D eigenvalue weighted by Crippen LogP contribution is -2.51. The first-order valence-corrected chi connectivity index (χ1v) is 7.98. The van der Waals surface area contributed by atoms with Crippen LogP contribution in [0.15, 0.2) is 0 Å². The van der Waals surface area contributed by atoms with Crippen molar-refractivity contribution in [2.24, 2.45) is 0 Å². The molecule has 19 heavy (non-hydrogen) atoms. The van der Waals surface area contributed by atoms with E-state index >= 15 is 0 Å². The van der Waals surface area contributed by atoms with Gasteiger partial charge in [0.05, 0.1) is 11.3 Å². The molecule has 1 unspecified atom stereocenters. The Kier molecular flexibility index (Phi) is 5.55. The van der Waals surface area contributed by atoms with Crippen LogP contribution in [0, 0.1) is 0 Å². The Morgan fingerprint density at radius 2 is 1.74 bits per heavy atom. The summed E-state index contributed by atoms with van der Waals surface area (Å²) in [7, 11) is -1.78. The van der Waals surface area contributed by atoms with Crippen LogP contribution in [-0.4, -0.2) is 55.9 Å². The number of carbonyl (C=O) groups excluding carboxylic acids is 2. The molecular formula is C12H23NO5S. The minimum atomic E-state index is -3.20. The maximum absolute atomic E-state index is 11.9. The van der Waals surface area contributed by atoms with Gasteiger partial charge in [-0.05, 0) is 34.1 Å². The van der Waals surface area contributed by atoms with Crippen molar-refractivity contribution >= 4 is 22.2 Å². The summed E-state index contributed by atoms with van der Waals surface area (Å²) in [6, 6.07) is 0. The summed E-state index contributed by atoms with van der Waals surface area (Å²) < 4.78 is 27.5. The minimum Gasteiger partial charge on any atom is -0.444 e. The number of hydrogen-bond acceptors (Lipinski definition) is 5. The number of hydrogen-bond donors (Lipinski definition) is 0. The average molecular weight is 293 g/mol. The van der Waals surface area contributed by atoms with Gasteiger partial charge in [-0.15, -0.1) is 0 Å². The molecule has 0 spiro atoms. The highest BCUT2D eigenvalue weighted by molar-refractivity contribution is 7.90. The number of rotatable bonds is 5. The summed E-state index contributed by atoms with van der Waals surface area (Å²) in [6.07, 6.45) is 1.04. The molecule has 0 aliphatic carbocycles. The Bertz CT molecular complexity index is 438. The van der Waals surface area contributed by atoms with Gasteiger partial charge in [0.2, 0.25) is 0 Å². The summed E-state index contributed by atoms with van der Waals surface area (Å²) in [5.41, 5.74) is -1.88. The molecule has 0 aliphatic rings. The Morgan fingerprint density at radius 3 is 2.05 bits per heavy atom. The summed E-state index contributed by atoms with van der Waals surface area (Å²) in [5, 5.41) is 0. The largest absolute Gasteiger partial charge is 0.444 e. The second-order valence-corrected chi connectivity index (χ2v) is 8.15. The average Bonchev–Trinajstić information content (AvgIpc) is 2.21. The van der Waals surface area contributed by atoms with Crippen molar-refractivity contribution in [2.45, 2.75) is 45.3 Å². The van der Waals surface area contributed by atoms with Gasteiger partial charge in [0.25, 0.3) is 0 Å². The molecule has 7 heteroatoms. The zero-order valence-electron chi connectivity index (χ0n) is 12.4. The molecule has 0 fully saturated rings. The van der Waals surface area contributed by atoms with Crippen LogP contribution in [0.25, 0.3) is 0 Å². The third-order valence-electron chi connectivity index (χ3n) is 2.67. The van der Waals surface area contributed by atoms with E-state index in [-0.39, 0.29) is 12.2 Å². The Hall–Kier alpha value is -1.11. The summed E-state index contributed by atoms with van der Waals surface area (Å²) >= 11 is 0. The Balaban J connectivity index is 4.92. The third-order valence-corrected chi connectivity index (χ3v) is 3.61. The lowest BCUT2D eigenvalue weighted by Gasteiger charge is -2.35. The number of amides is 1. The van der Waals surface area contributed by atoms with Gasteiger partial charge in [-0.1, -0.05) is 0 Å². The molecule has 0 N–H and O–H groups in total. The first-order chi connectivity index (χ1) is 8.31. The molecule has 0 aromatic carbocycles. The molecule has 112 valence electrons. The van der Waals surface area contributed by atoms with Crippen molar-refractivity contribution in [3.05, 3.63) is 0 Å². The molecule has 0 saturated carbocycles. The number of nitrogens with zero attached hydrogens (tertiary/aromatic N) is 1. The summed E-state index contributed by atoms with van der Waals surface area (Å²) in [5.74, 6) is -0.171. The second kappa shape index (κ2) is 5.90. The molecule has 1 atom stereocenters. The predicted molar refractivity (Wildman–Crippen MR) is 72.8 cm³/mol. The van der Waals surface area contributed by atoms with Crippen molar-refractivity contribution in [1.29, 1.82) is 0 Å². The first-order valence-electron chi connectivity index (χ1n) is 5.91. The molecule has 0 radical (unpaired) electrons. The van der Waals surface area contributed by atoms with Crippen LogP contribution in [0.5, 0.6) is 0 Å². The van der Waals surface area contributed by atoms with E-state index < -0.39 is 27.1 Å². The summed E-state index contributed by atoms with van der Waals surface area (Å²) in [4.78, 5) is 24.2. The molecule has 0 saturated heterocycles. The number of ether oxygens (including phenoxy) is 1. The zero-order chi connectivity index (χ0) is 15.5. The van der Waals surface area contributed by atoms with E-state index in [0.29, 0.717) is 6.29 Å². The van der Waals surface area contributed by atoms with E-state index in [9.17, 15) is 18.0 Å². The van der Waals surface area contributed by atoms with Crippen molar-refractivity contribution in [3.8, 4) is 0 Å². The van der Waals surface area contributed by atoms with E-state index in [4.69, 9.17) is 4.74 Å². The molecule has 1 amide bonds. The van der Waals surface area contributed by atoms with Crippen molar-refractivity contribution < 1.29 is 22.7 Å². The SMILES string of the molecule is CN(C(=O)OC(C)(C)C)C(C)(C=O)CCS(C)(=O)=O. The maximum Gasteiger partial charge on any atom is 0.410 e. The Morgan fingerprint density at radius 1 is 1.26 bits per heavy atom. The topological polar surface area (TPSA) is 80.8 Å². The fourth-order valence-corrected chi connectivity index (χ4v) is 2.02. The third kappa shape index (κ3) is 6.56. The highest BCUT2D eigenvalue weighted by Gasteiger charge is 2.35. The van der Waals surface area contributed by atoms with Gasteiger partial charge in [0, 0.05) is 13.3 Å². The zero-order valence-corrected chi connectivity index (χ0v) is 13.2. The normalized spacial score (nSPS) is 15.5. The smallest absolute Gasteiger partial charge is 0.410 e. The lowest BCUT2D eigenvalue weighted by atomic mass is 10.00. The molecule has 0 heterocycles. The number of aldehydes is 1. The molecular weight excluding hydrogens is 270 g/mol. The van der Waals surface area contributed by atoms with Crippen molar-refractivity contribution in [3.63, 3.8) is 0 Å². The van der Waals surface area contributed by atoms with Gasteiger partial charge < -0.3 is 9.53 Å². The second-order valence-electron chi connectivity index (χ2n) is 5.89. The minimum absolute atomic E-state index is 0.0328. The maximum atomic E-state index is 11.9.